The number of rotatable bonds is 3. The van der Waals surface area contributed by atoms with Gasteiger partial charge in [-0.05, 0) is 30.7 Å². The van der Waals surface area contributed by atoms with Crippen LogP contribution in [0.25, 0.3) is 0 Å². The highest BCUT2D eigenvalue weighted by Gasteiger charge is 2.12. The summed E-state index contributed by atoms with van der Waals surface area (Å²) in [5.41, 5.74) is 1.72. The fourth-order valence-corrected chi connectivity index (χ4v) is 3.08. The van der Waals surface area contributed by atoms with Crippen molar-refractivity contribution in [3.63, 3.8) is 0 Å². The molecule has 19 heavy (non-hydrogen) atoms. The zero-order valence-electron chi connectivity index (χ0n) is 10.4. The quantitative estimate of drug-likeness (QED) is 0.818. The van der Waals surface area contributed by atoms with E-state index in [1.54, 1.807) is 12.1 Å². The van der Waals surface area contributed by atoms with Crippen molar-refractivity contribution in [1.29, 1.82) is 0 Å². The third kappa shape index (κ3) is 3.91. The highest BCUT2D eigenvalue weighted by atomic mass is 79.9. The monoisotopic (exact) mass is 381 g/mol. The van der Waals surface area contributed by atoms with Crippen molar-refractivity contribution in [2.75, 3.05) is 0 Å². The summed E-state index contributed by atoms with van der Waals surface area (Å²) in [7, 11) is 0. The first kappa shape index (κ1) is 14.3. The normalized spacial score (nSPS) is 11.9. The van der Waals surface area contributed by atoms with Crippen molar-refractivity contribution in [3.05, 3.63) is 68.6 Å². The third-order valence-corrected chi connectivity index (χ3v) is 3.69. The Morgan fingerprint density at radius 3 is 2.21 bits per heavy atom. The van der Waals surface area contributed by atoms with E-state index >= 15 is 0 Å². The van der Waals surface area contributed by atoms with Crippen LogP contribution in [-0.4, -0.2) is 5.91 Å². The molecule has 0 saturated heterocycles. The van der Waals surface area contributed by atoms with Crippen LogP contribution in [-0.2, 0) is 0 Å². The molecule has 2 aromatic carbocycles. The summed E-state index contributed by atoms with van der Waals surface area (Å²) in [5, 5.41) is 2.99. The van der Waals surface area contributed by atoms with Crippen molar-refractivity contribution < 1.29 is 4.79 Å². The molecule has 0 aromatic heterocycles. The molecule has 0 heterocycles. The van der Waals surface area contributed by atoms with E-state index in [4.69, 9.17) is 0 Å². The molecule has 0 aliphatic rings. The van der Waals surface area contributed by atoms with Crippen LogP contribution in [0.5, 0.6) is 0 Å². The van der Waals surface area contributed by atoms with E-state index in [0.29, 0.717) is 5.56 Å². The van der Waals surface area contributed by atoms with Crippen molar-refractivity contribution in [2.45, 2.75) is 13.0 Å². The smallest absolute Gasteiger partial charge is 0.251 e. The van der Waals surface area contributed by atoms with Gasteiger partial charge in [-0.3, -0.25) is 4.79 Å². The Balaban J connectivity index is 2.13. The van der Waals surface area contributed by atoms with Crippen LogP contribution in [0.4, 0.5) is 0 Å². The molecule has 0 aliphatic heterocycles. The van der Waals surface area contributed by atoms with E-state index in [2.05, 4.69) is 37.2 Å². The number of hydrogen-bond acceptors (Lipinski definition) is 1. The lowest BCUT2D eigenvalue weighted by Gasteiger charge is -2.14. The number of carbonyl (C=O) groups excluding carboxylic acids is 1. The summed E-state index contributed by atoms with van der Waals surface area (Å²) in [5.74, 6) is -0.0849. The average Bonchev–Trinajstić information content (AvgIpc) is 2.38. The molecule has 2 aromatic rings. The Bertz CT molecular complexity index is 564. The number of hydrogen-bond donors (Lipinski definition) is 1. The second kappa shape index (κ2) is 6.35. The predicted molar refractivity (Wildman–Crippen MR) is 84.2 cm³/mol. The van der Waals surface area contributed by atoms with Gasteiger partial charge < -0.3 is 5.32 Å². The summed E-state index contributed by atoms with van der Waals surface area (Å²) < 4.78 is 1.75. The maximum absolute atomic E-state index is 12.2. The summed E-state index contributed by atoms with van der Waals surface area (Å²) >= 11 is 6.76. The minimum absolute atomic E-state index is 0.0218. The Kier molecular flexibility index (Phi) is 4.77. The first-order valence-electron chi connectivity index (χ1n) is 5.88. The summed E-state index contributed by atoms with van der Waals surface area (Å²) in [6.07, 6.45) is 0. The van der Waals surface area contributed by atoms with E-state index in [1.165, 1.54) is 0 Å². The highest BCUT2D eigenvalue weighted by Crippen LogP contribution is 2.21. The van der Waals surface area contributed by atoms with Crippen LogP contribution in [0.3, 0.4) is 0 Å². The summed E-state index contributed by atoms with van der Waals surface area (Å²) in [4.78, 5) is 12.2. The third-order valence-electron chi connectivity index (χ3n) is 2.77. The largest absolute Gasteiger partial charge is 0.346 e. The Labute approximate surface area is 129 Å². The van der Waals surface area contributed by atoms with Crippen LogP contribution in [0, 0.1) is 0 Å². The molecule has 0 saturated carbocycles. The van der Waals surface area contributed by atoms with E-state index < -0.39 is 0 Å². The first-order valence-corrected chi connectivity index (χ1v) is 7.47. The van der Waals surface area contributed by atoms with Gasteiger partial charge in [-0.15, -0.1) is 0 Å². The van der Waals surface area contributed by atoms with Crippen molar-refractivity contribution in [1.82, 2.24) is 5.32 Å². The Morgan fingerprint density at radius 2 is 1.63 bits per heavy atom. The number of carbonyl (C=O) groups is 1. The van der Waals surface area contributed by atoms with Crippen LogP contribution in [0.2, 0.25) is 0 Å². The van der Waals surface area contributed by atoms with Crippen LogP contribution in [0.15, 0.2) is 57.5 Å². The lowest BCUT2D eigenvalue weighted by atomic mass is 10.1. The van der Waals surface area contributed by atoms with Gasteiger partial charge in [-0.2, -0.15) is 0 Å². The first-order chi connectivity index (χ1) is 9.06. The Hall–Kier alpha value is -1.13. The molecule has 0 unspecified atom stereocenters. The molecule has 0 fully saturated rings. The summed E-state index contributed by atoms with van der Waals surface area (Å²) in [6, 6.07) is 15.4. The zero-order chi connectivity index (χ0) is 13.8. The van der Waals surface area contributed by atoms with Gasteiger partial charge in [-0.25, -0.2) is 0 Å². The molecule has 4 heteroatoms. The fourth-order valence-electron chi connectivity index (χ4n) is 1.79. The Morgan fingerprint density at radius 1 is 1.05 bits per heavy atom. The fraction of sp³-hybridized carbons (Fsp3) is 0.133. The van der Waals surface area contributed by atoms with Gasteiger partial charge in [0.15, 0.2) is 0 Å². The number of halogens is 2. The van der Waals surface area contributed by atoms with Crippen molar-refractivity contribution in [2.24, 2.45) is 0 Å². The minimum Gasteiger partial charge on any atom is -0.346 e. The standard InChI is InChI=1S/C15H13Br2NO/c1-10(11-5-3-2-4-6-11)18-15(19)12-7-13(16)9-14(17)8-12/h2-10H,1H3,(H,18,19)/t10-/m1/s1. The van der Waals surface area contributed by atoms with Gasteiger partial charge in [0.25, 0.3) is 5.91 Å². The van der Waals surface area contributed by atoms with E-state index in [-0.39, 0.29) is 11.9 Å². The predicted octanol–water partition coefficient (Wildman–Crippen LogP) is 4.70. The number of amides is 1. The molecular weight excluding hydrogens is 370 g/mol. The summed E-state index contributed by atoms with van der Waals surface area (Å²) in [6.45, 7) is 1.97. The highest BCUT2D eigenvalue weighted by molar-refractivity contribution is 9.11. The molecule has 2 nitrogen and oxygen atoms in total. The SMILES string of the molecule is C[C@@H](NC(=O)c1cc(Br)cc(Br)c1)c1ccccc1. The zero-order valence-corrected chi connectivity index (χ0v) is 13.5. The molecular formula is C15H13Br2NO. The molecule has 1 amide bonds. The van der Waals surface area contributed by atoms with E-state index in [9.17, 15) is 4.79 Å². The molecule has 0 bridgehead atoms. The maximum atomic E-state index is 12.2. The molecule has 1 atom stereocenters. The molecule has 0 radical (unpaired) electrons. The molecule has 98 valence electrons. The number of benzene rings is 2. The van der Waals surface area contributed by atoms with E-state index in [0.717, 1.165) is 14.5 Å². The van der Waals surface area contributed by atoms with Crippen molar-refractivity contribution in [3.8, 4) is 0 Å². The molecule has 0 aliphatic carbocycles. The van der Waals surface area contributed by atoms with Gasteiger partial charge in [0.1, 0.15) is 0 Å². The van der Waals surface area contributed by atoms with Crippen molar-refractivity contribution >= 4 is 37.8 Å². The second-order valence-corrected chi connectivity index (χ2v) is 6.10. The minimum atomic E-state index is -0.0849. The van der Waals surface area contributed by atoms with Gasteiger partial charge >= 0.3 is 0 Å². The van der Waals surface area contributed by atoms with Gasteiger partial charge in [0.05, 0.1) is 6.04 Å². The second-order valence-electron chi connectivity index (χ2n) is 4.26. The van der Waals surface area contributed by atoms with Gasteiger partial charge in [0, 0.05) is 14.5 Å². The average molecular weight is 383 g/mol. The van der Waals surface area contributed by atoms with Gasteiger partial charge in [0.2, 0.25) is 0 Å². The van der Waals surface area contributed by atoms with Gasteiger partial charge in [-0.1, -0.05) is 62.2 Å². The van der Waals surface area contributed by atoms with E-state index in [1.807, 2.05) is 43.3 Å². The van der Waals surface area contributed by atoms with Crippen LogP contribution < -0.4 is 5.32 Å². The lowest BCUT2D eigenvalue weighted by Crippen LogP contribution is -2.26. The van der Waals surface area contributed by atoms with Crippen LogP contribution >= 0.6 is 31.9 Å². The maximum Gasteiger partial charge on any atom is 0.251 e. The molecule has 1 N–H and O–H groups in total. The number of nitrogens with one attached hydrogen (secondary N) is 1. The lowest BCUT2D eigenvalue weighted by molar-refractivity contribution is 0.0940. The van der Waals surface area contributed by atoms with Crippen LogP contribution in [0.1, 0.15) is 28.9 Å². The topological polar surface area (TPSA) is 29.1 Å². The molecule has 2 rings (SSSR count). The molecule has 0 spiro atoms.